The zero-order valence-electron chi connectivity index (χ0n) is 17.3. The van der Waals surface area contributed by atoms with Crippen LogP contribution in [0, 0.1) is 0 Å². The minimum absolute atomic E-state index is 0.654. The summed E-state index contributed by atoms with van der Waals surface area (Å²) < 4.78 is 12.5. The number of nitrogens with zero attached hydrogens (tertiary/aromatic N) is 3. The zero-order valence-corrected chi connectivity index (χ0v) is 18.1. The van der Waals surface area contributed by atoms with Gasteiger partial charge in [0.2, 0.25) is 4.80 Å². The van der Waals surface area contributed by atoms with Crippen LogP contribution >= 0.6 is 11.3 Å². The first-order valence-corrected chi connectivity index (χ1v) is 10.9. The fourth-order valence-corrected chi connectivity index (χ4v) is 4.70. The van der Waals surface area contributed by atoms with E-state index in [2.05, 4.69) is 22.3 Å². The van der Waals surface area contributed by atoms with Gasteiger partial charge < -0.3 is 15.3 Å². The van der Waals surface area contributed by atoms with E-state index >= 15 is 0 Å². The molecule has 156 valence electrons. The summed E-state index contributed by atoms with van der Waals surface area (Å²) >= 11 is 1.54. The number of aromatic nitrogens is 1. The van der Waals surface area contributed by atoms with Crippen LogP contribution in [0.5, 0.6) is 11.5 Å². The van der Waals surface area contributed by atoms with Gasteiger partial charge in [-0.15, -0.1) is 5.10 Å². The highest BCUT2D eigenvalue weighted by atomic mass is 32.1. The fourth-order valence-electron chi connectivity index (χ4n) is 3.67. The molecule has 2 aromatic carbocycles. The van der Waals surface area contributed by atoms with E-state index in [4.69, 9.17) is 15.3 Å². The molecule has 0 amide bonds. The predicted octanol–water partition coefficient (Wildman–Crippen LogP) is 4.84. The molecule has 0 saturated heterocycles. The number of thiazole rings is 1. The van der Waals surface area contributed by atoms with Crippen LogP contribution in [0.1, 0.15) is 32.1 Å². The first kappa shape index (κ1) is 20.2. The Morgan fingerprint density at radius 1 is 0.867 bits per heavy atom. The monoisotopic (exact) mass is 422 g/mol. The lowest BCUT2D eigenvalue weighted by molar-refractivity contribution is 0.355. The Kier molecular flexibility index (Phi) is 6.18. The van der Waals surface area contributed by atoms with E-state index in [1.54, 1.807) is 18.9 Å². The Hall–Kier alpha value is -3.06. The van der Waals surface area contributed by atoms with Crippen LogP contribution < -0.4 is 20.1 Å². The molecule has 1 heterocycles. The van der Waals surface area contributed by atoms with Crippen molar-refractivity contribution < 1.29 is 9.47 Å². The van der Waals surface area contributed by atoms with Gasteiger partial charge in [0.15, 0.2) is 11.5 Å². The highest BCUT2D eigenvalue weighted by molar-refractivity contribution is 7.13. The summed E-state index contributed by atoms with van der Waals surface area (Å²) in [6.45, 7) is 0. The summed E-state index contributed by atoms with van der Waals surface area (Å²) in [6, 6.07) is 16.0. The molecule has 0 spiro atoms. The number of methoxy groups -OCH3 is 2. The molecule has 0 bridgehead atoms. The molecule has 1 saturated carbocycles. The Morgan fingerprint density at radius 3 is 2.30 bits per heavy atom. The van der Waals surface area contributed by atoms with E-state index in [-0.39, 0.29) is 0 Å². The average molecular weight is 423 g/mol. The minimum Gasteiger partial charge on any atom is -0.493 e. The molecule has 0 aliphatic heterocycles. The lowest BCUT2D eigenvalue weighted by atomic mass is 9.99. The molecule has 7 heteroatoms. The number of benzene rings is 2. The van der Waals surface area contributed by atoms with Gasteiger partial charge in [-0.2, -0.15) is 5.10 Å². The topological polar surface area (TPSA) is 74.1 Å². The maximum atomic E-state index is 6.54. The molecule has 2 N–H and O–H groups in total. The standard InChI is InChI=1S/C23H26N4O2S/c1-28-19-14-13-17(15-20(19)29-2)21-22(16-9-5-3-6-10-16)30-23(27(21)24)26-25-18-11-7-4-8-12-18/h3,5-6,9-10,13-15H,4,7-8,11-12,24H2,1-2H3. The maximum Gasteiger partial charge on any atom is 0.229 e. The summed E-state index contributed by atoms with van der Waals surface area (Å²) in [6.07, 6.45) is 5.69. The second kappa shape index (κ2) is 9.17. The van der Waals surface area contributed by atoms with Crippen molar-refractivity contribution in [3.8, 4) is 33.2 Å². The van der Waals surface area contributed by atoms with Crippen molar-refractivity contribution in [2.75, 3.05) is 20.1 Å². The summed E-state index contributed by atoms with van der Waals surface area (Å²) in [5.74, 6) is 7.87. The van der Waals surface area contributed by atoms with Gasteiger partial charge in [0.1, 0.15) is 0 Å². The molecule has 4 rings (SSSR count). The number of rotatable bonds is 5. The fraction of sp³-hybridized carbons (Fsp3) is 0.304. The van der Waals surface area contributed by atoms with Crippen LogP contribution in [0.2, 0.25) is 0 Å². The molecule has 0 unspecified atom stereocenters. The van der Waals surface area contributed by atoms with Crippen LogP contribution in [0.4, 0.5) is 0 Å². The van der Waals surface area contributed by atoms with Gasteiger partial charge in [0.25, 0.3) is 0 Å². The predicted molar refractivity (Wildman–Crippen MR) is 123 cm³/mol. The zero-order chi connectivity index (χ0) is 20.9. The second-order valence-electron chi connectivity index (χ2n) is 7.20. The molecule has 3 aromatic rings. The van der Waals surface area contributed by atoms with Gasteiger partial charge in [-0.25, -0.2) is 4.68 Å². The summed E-state index contributed by atoms with van der Waals surface area (Å²) in [5.41, 5.74) is 4.04. The number of hydrogen-bond donors (Lipinski definition) is 1. The van der Waals surface area contributed by atoms with Crippen molar-refractivity contribution in [3.63, 3.8) is 0 Å². The van der Waals surface area contributed by atoms with Crippen LogP contribution in [-0.4, -0.2) is 24.6 Å². The summed E-state index contributed by atoms with van der Waals surface area (Å²) in [5, 5.41) is 9.05. The lowest BCUT2D eigenvalue weighted by Crippen LogP contribution is -2.23. The van der Waals surface area contributed by atoms with Crippen LogP contribution in [0.15, 0.2) is 58.7 Å². The first-order valence-electron chi connectivity index (χ1n) is 10.1. The van der Waals surface area contributed by atoms with Gasteiger partial charge in [-0.3, -0.25) is 0 Å². The molecule has 1 aromatic heterocycles. The first-order chi connectivity index (χ1) is 14.7. The van der Waals surface area contributed by atoms with E-state index in [9.17, 15) is 0 Å². The van der Waals surface area contributed by atoms with Crippen LogP contribution in [0.25, 0.3) is 21.7 Å². The number of nitrogens with two attached hydrogens (primary N) is 1. The highest BCUT2D eigenvalue weighted by Crippen LogP contribution is 2.38. The van der Waals surface area contributed by atoms with Crippen molar-refractivity contribution in [1.82, 2.24) is 4.68 Å². The van der Waals surface area contributed by atoms with Crippen molar-refractivity contribution in [2.24, 2.45) is 10.2 Å². The van der Waals surface area contributed by atoms with E-state index in [0.29, 0.717) is 16.3 Å². The third-order valence-electron chi connectivity index (χ3n) is 5.26. The van der Waals surface area contributed by atoms with Gasteiger partial charge in [-0.05, 0) is 49.4 Å². The number of ether oxygens (including phenoxy) is 2. The second-order valence-corrected chi connectivity index (χ2v) is 8.17. The molecular formula is C23H26N4O2S. The molecule has 0 radical (unpaired) electrons. The van der Waals surface area contributed by atoms with Crippen molar-refractivity contribution in [3.05, 3.63) is 53.3 Å². The SMILES string of the molecule is COc1ccc(-c2c(-c3ccccc3)sc(=NN=C3CCCCC3)n2N)cc1OC. The smallest absolute Gasteiger partial charge is 0.229 e. The minimum atomic E-state index is 0.654. The van der Waals surface area contributed by atoms with E-state index < -0.39 is 0 Å². The number of nitrogen functional groups attached to an aromatic ring is 1. The Morgan fingerprint density at radius 2 is 1.60 bits per heavy atom. The van der Waals surface area contributed by atoms with Crippen molar-refractivity contribution >= 4 is 17.0 Å². The van der Waals surface area contributed by atoms with Gasteiger partial charge in [-0.1, -0.05) is 48.1 Å². The lowest BCUT2D eigenvalue weighted by Gasteiger charge is -2.11. The normalized spacial score (nSPS) is 14.6. The van der Waals surface area contributed by atoms with Crippen molar-refractivity contribution in [2.45, 2.75) is 32.1 Å². The third kappa shape index (κ3) is 4.11. The molecule has 30 heavy (non-hydrogen) atoms. The van der Waals surface area contributed by atoms with Crippen LogP contribution in [0.3, 0.4) is 0 Å². The summed E-state index contributed by atoms with van der Waals surface area (Å²) in [4.78, 5) is 1.70. The van der Waals surface area contributed by atoms with Gasteiger partial charge in [0, 0.05) is 11.3 Å². The molecule has 1 aliphatic rings. The Labute approximate surface area is 180 Å². The summed E-state index contributed by atoms with van der Waals surface area (Å²) in [7, 11) is 3.26. The van der Waals surface area contributed by atoms with E-state index in [1.807, 2.05) is 36.4 Å². The molecule has 1 fully saturated rings. The maximum absolute atomic E-state index is 6.54. The van der Waals surface area contributed by atoms with E-state index in [0.717, 1.165) is 40.3 Å². The third-order valence-corrected chi connectivity index (χ3v) is 6.35. The van der Waals surface area contributed by atoms with E-state index in [1.165, 1.54) is 30.6 Å². The molecular weight excluding hydrogens is 396 g/mol. The quantitative estimate of drug-likeness (QED) is 0.472. The number of hydrogen-bond acceptors (Lipinski definition) is 6. The molecule has 0 atom stereocenters. The van der Waals surface area contributed by atoms with Gasteiger partial charge >= 0.3 is 0 Å². The molecule has 6 nitrogen and oxygen atoms in total. The van der Waals surface area contributed by atoms with Gasteiger partial charge in [0.05, 0.1) is 24.8 Å². The largest absolute Gasteiger partial charge is 0.493 e. The van der Waals surface area contributed by atoms with Crippen molar-refractivity contribution in [1.29, 1.82) is 0 Å². The highest BCUT2D eigenvalue weighted by Gasteiger charge is 2.18. The Balaban J connectivity index is 1.87. The average Bonchev–Trinajstić information content (AvgIpc) is 3.14. The van der Waals surface area contributed by atoms with Crippen LogP contribution in [-0.2, 0) is 0 Å². The Bertz CT molecular complexity index is 1110. The molecule has 1 aliphatic carbocycles.